The zero-order chi connectivity index (χ0) is 16.4. The molecule has 2 aromatic heterocycles. The first-order valence-corrected chi connectivity index (χ1v) is 8.65. The van der Waals surface area contributed by atoms with Crippen molar-refractivity contribution in [2.45, 2.75) is 32.4 Å². The SMILES string of the molecule is O=C(Cc1ccco1)N1Cc2cncn2C[C@H](COCC2CC2)C1. The van der Waals surface area contributed by atoms with Crippen molar-refractivity contribution in [2.24, 2.45) is 11.8 Å². The van der Waals surface area contributed by atoms with Crippen molar-refractivity contribution >= 4 is 5.91 Å². The Bertz CT molecular complexity index is 676. The van der Waals surface area contributed by atoms with Gasteiger partial charge in [-0.15, -0.1) is 0 Å². The summed E-state index contributed by atoms with van der Waals surface area (Å²) in [4.78, 5) is 18.8. The number of rotatable bonds is 6. The molecule has 2 aromatic rings. The van der Waals surface area contributed by atoms with Gasteiger partial charge in [-0.3, -0.25) is 4.79 Å². The average Bonchev–Trinajstić information content (AvgIpc) is 3.13. The lowest BCUT2D eigenvalue weighted by molar-refractivity contribution is -0.132. The second kappa shape index (κ2) is 6.81. The Labute approximate surface area is 141 Å². The quantitative estimate of drug-likeness (QED) is 0.814. The number of aromatic nitrogens is 2. The Morgan fingerprint density at radius 2 is 2.17 bits per heavy atom. The number of hydrogen-bond donors (Lipinski definition) is 0. The van der Waals surface area contributed by atoms with Gasteiger partial charge in [0, 0.05) is 31.8 Å². The minimum Gasteiger partial charge on any atom is -0.469 e. The van der Waals surface area contributed by atoms with E-state index in [1.807, 2.05) is 29.6 Å². The van der Waals surface area contributed by atoms with Crippen molar-refractivity contribution in [3.8, 4) is 0 Å². The Morgan fingerprint density at radius 1 is 1.29 bits per heavy atom. The Morgan fingerprint density at radius 3 is 2.96 bits per heavy atom. The largest absolute Gasteiger partial charge is 0.469 e. The fraction of sp³-hybridized carbons (Fsp3) is 0.556. The molecule has 1 aliphatic carbocycles. The number of nitrogens with zero attached hydrogens (tertiary/aromatic N) is 3. The van der Waals surface area contributed by atoms with Gasteiger partial charge < -0.3 is 18.6 Å². The lowest BCUT2D eigenvalue weighted by Crippen LogP contribution is -2.36. The standard InChI is InChI=1S/C18H23N3O3/c22-18(6-17-2-1-5-24-17)20-8-15(12-23-11-14-3-4-14)9-21-13-19-7-16(21)10-20/h1-2,5,7,13-15H,3-4,6,8-12H2/t15-/m1/s1. The predicted molar refractivity (Wildman–Crippen MR) is 87.1 cm³/mol. The third-order valence-electron chi connectivity index (χ3n) is 4.75. The van der Waals surface area contributed by atoms with Crippen LogP contribution in [0.1, 0.15) is 24.3 Å². The van der Waals surface area contributed by atoms with Gasteiger partial charge in [-0.1, -0.05) is 0 Å². The Hall–Kier alpha value is -2.08. The van der Waals surface area contributed by atoms with Crippen molar-refractivity contribution in [1.82, 2.24) is 14.5 Å². The number of furan rings is 1. The van der Waals surface area contributed by atoms with Crippen LogP contribution in [0.25, 0.3) is 0 Å². The van der Waals surface area contributed by atoms with Crippen molar-refractivity contribution in [1.29, 1.82) is 0 Å². The van der Waals surface area contributed by atoms with Crippen LogP contribution in [0.15, 0.2) is 35.3 Å². The lowest BCUT2D eigenvalue weighted by Gasteiger charge is -2.24. The number of carbonyl (C=O) groups excluding carboxylic acids is 1. The first-order chi connectivity index (χ1) is 11.8. The molecule has 1 amide bonds. The molecule has 128 valence electrons. The fourth-order valence-corrected chi connectivity index (χ4v) is 3.21. The molecule has 1 aliphatic heterocycles. The predicted octanol–water partition coefficient (Wildman–Crippen LogP) is 2.10. The summed E-state index contributed by atoms with van der Waals surface area (Å²) >= 11 is 0. The van der Waals surface area contributed by atoms with Crippen molar-refractivity contribution in [2.75, 3.05) is 19.8 Å². The van der Waals surface area contributed by atoms with Crippen LogP contribution in [0.5, 0.6) is 0 Å². The molecule has 6 nitrogen and oxygen atoms in total. The summed E-state index contributed by atoms with van der Waals surface area (Å²) in [5, 5.41) is 0. The van der Waals surface area contributed by atoms with Gasteiger partial charge in [0.1, 0.15) is 5.76 Å². The number of amides is 1. The lowest BCUT2D eigenvalue weighted by atomic mass is 10.1. The maximum absolute atomic E-state index is 12.7. The molecule has 1 saturated carbocycles. The highest BCUT2D eigenvalue weighted by molar-refractivity contribution is 5.78. The average molecular weight is 329 g/mol. The van der Waals surface area contributed by atoms with Crippen LogP contribution in [-0.2, 0) is 29.0 Å². The topological polar surface area (TPSA) is 60.5 Å². The van der Waals surface area contributed by atoms with Gasteiger partial charge >= 0.3 is 0 Å². The maximum atomic E-state index is 12.7. The molecule has 0 spiro atoms. The highest BCUT2D eigenvalue weighted by atomic mass is 16.5. The van der Waals surface area contributed by atoms with Crippen LogP contribution < -0.4 is 0 Å². The first kappa shape index (κ1) is 15.4. The van der Waals surface area contributed by atoms with Gasteiger partial charge in [-0.05, 0) is 30.9 Å². The maximum Gasteiger partial charge on any atom is 0.230 e. The van der Waals surface area contributed by atoms with Crippen LogP contribution in [-0.4, -0.2) is 40.1 Å². The molecular weight excluding hydrogens is 306 g/mol. The normalized spacial score (nSPS) is 20.7. The van der Waals surface area contributed by atoms with Gasteiger partial charge in [0.2, 0.25) is 5.91 Å². The zero-order valence-electron chi connectivity index (χ0n) is 13.8. The molecule has 0 aromatic carbocycles. The fourth-order valence-electron chi connectivity index (χ4n) is 3.21. The zero-order valence-corrected chi connectivity index (χ0v) is 13.8. The van der Waals surface area contributed by atoms with E-state index in [9.17, 15) is 4.79 Å². The monoisotopic (exact) mass is 329 g/mol. The highest BCUT2D eigenvalue weighted by Gasteiger charge is 2.27. The molecule has 0 radical (unpaired) electrons. The van der Waals surface area contributed by atoms with Crippen LogP contribution in [0, 0.1) is 11.8 Å². The van der Waals surface area contributed by atoms with Crippen LogP contribution >= 0.6 is 0 Å². The van der Waals surface area contributed by atoms with Gasteiger partial charge in [-0.2, -0.15) is 0 Å². The van der Waals surface area contributed by atoms with E-state index in [0.29, 0.717) is 37.8 Å². The summed E-state index contributed by atoms with van der Waals surface area (Å²) < 4.78 is 13.3. The molecule has 0 N–H and O–H groups in total. The number of hydrogen-bond acceptors (Lipinski definition) is 4. The first-order valence-electron chi connectivity index (χ1n) is 8.65. The number of carbonyl (C=O) groups is 1. The minimum absolute atomic E-state index is 0.0896. The third-order valence-corrected chi connectivity index (χ3v) is 4.75. The van der Waals surface area contributed by atoms with E-state index < -0.39 is 0 Å². The summed E-state index contributed by atoms with van der Waals surface area (Å²) in [6, 6.07) is 3.66. The summed E-state index contributed by atoms with van der Waals surface area (Å²) in [5.74, 6) is 1.85. The molecule has 6 heteroatoms. The second-order valence-electron chi connectivity index (χ2n) is 6.91. The van der Waals surface area contributed by atoms with Crippen molar-refractivity contribution < 1.29 is 13.9 Å². The molecule has 3 heterocycles. The Kier molecular flexibility index (Phi) is 4.38. The summed E-state index contributed by atoms with van der Waals surface area (Å²) in [7, 11) is 0. The molecule has 0 saturated heterocycles. The third kappa shape index (κ3) is 3.70. The van der Waals surface area contributed by atoms with Crippen LogP contribution in [0.4, 0.5) is 0 Å². The van der Waals surface area contributed by atoms with E-state index >= 15 is 0 Å². The molecule has 24 heavy (non-hydrogen) atoms. The molecule has 0 bridgehead atoms. The van der Waals surface area contributed by atoms with Crippen molar-refractivity contribution in [3.05, 3.63) is 42.4 Å². The molecule has 4 rings (SSSR count). The van der Waals surface area contributed by atoms with Gasteiger partial charge in [-0.25, -0.2) is 4.98 Å². The summed E-state index contributed by atoms with van der Waals surface area (Å²) in [5.41, 5.74) is 1.08. The van der Waals surface area contributed by atoms with E-state index in [0.717, 1.165) is 24.8 Å². The second-order valence-corrected chi connectivity index (χ2v) is 6.91. The summed E-state index contributed by atoms with van der Waals surface area (Å²) in [6.45, 7) is 3.71. The number of fused-ring (bicyclic) bond motifs is 1. The van der Waals surface area contributed by atoms with Crippen LogP contribution in [0.3, 0.4) is 0 Å². The van der Waals surface area contributed by atoms with Gasteiger partial charge in [0.25, 0.3) is 0 Å². The van der Waals surface area contributed by atoms with E-state index in [-0.39, 0.29) is 5.91 Å². The van der Waals surface area contributed by atoms with Crippen molar-refractivity contribution in [3.63, 3.8) is 0 Å². The summed E-state index contributed by atoms with van der Waals surface area (Å²) in [6.07, 6.45) is 8.20. The van der Waals surface area contributed by atoms with Crippen LogP contribution in [0.2, 0.25) is 0 Å². The molecule has 0 unspecified atom stereocenters. The van der Waals surface area contributed by atoms with E-state index in [2.05, 4.69) is 9.55 Å². The molecule has 1 fully saturated rings. The minimum atomic E-state index is 0.0896. The van der Waals surface area contributed by atoms with E-state index in [4.69, 9.17) is 9.15 Å². The molecule has 1 atom stereocenters. The Balaban J connectivity index is 1.42. The van der Waals surface area contributed by atoms with E-state index in [1.165, 1.54) is 12.8 Å². The van der Waals surface area contributed by atoms with E-state index in [1.54, 1.807) is 6.26 Å². The molecule has 2 aliphatic rings. The number of ether oxygens (including phenoxy) is 1. The van der Waals surface area contributed by atoms with Gasteiger partial charge in [0.05, 0.1) is 37.9 Å². The number of imidazole rings is 1. The smallest absolute Gasteiger partial charge is 0.230 e. The van der Waals surface area contributed by atoms with Gasteiger partial charge in [0.15, 0.2) is 0 Å². The molecular formula is C18H23N3O3. The highest BCUT2D eigenvalue weighted by Crippen LogP contribution is 2.29.